The van der Waals surface area contributed by atoms with Crippen LogP contribution in [0, 0.1) is 0 Å². The van der Waals surface area contributed by atoms with Crippen molar-refractivity contribution < 1.29 is 4.74 Å². The number of pyridine rings is 1. The standard InChI is InChI=1S/C16H13ClN2O/c1-20-13-4-2-3-10-6-8-19-12(14(10)13)9-11-5-7-18-16(17)15(11)19/h2-5,7,9H,6,8H2,1H3. The number of halogens is 1. The van der Waals surface area contributed by atoms with Crippen molar-refractivity contribution in [3.8, 4) is 17.0 Å². The molecule has 3 nitrogen and oxygen atoms in total. The van der Waals surface area contributed by atoms with Crippen LogP contribution in [0.3, 0.4) is 0 Å². The molecule has 0 bridgehead atoms. The van der Waals surface area contributed by atoms with E-state index in [-0.39, 0.29) is 0 Å². The van der Waals surface area contributed by atoms with Crippen LogP contribution in [0.25, 0.3) is 22.2 Å². The Morgan fingerprint density at radius 1 is 1.30 bits per heavy atom. The quantitative estimate of drug-likeness (QED) is 0.633. The second-order valence-electron chi connectivity index (χ2n) is 4.97. The fourth-order valence-corrected chi connectivity index (χ4v) is 3.36. The smallest absolute Gasteiger partial charge is 0.153 e. The first kappa shape index (κ1) is 11.8. The molecule has 3 heterocycles. The predicted molar refractivity (Wildman–Crippen MR) is 80.4 cm³/mol. The number of aryl methyl sites for hydroxylation is 2. The summed E-state index contributed by atoms with van der Waals surface area (Å²) in [6, 6.07) is 10.4. The number of rotatable bonds is 1. The maximum Gasteiger partial charge on any atom is 0.153 e. The van der Waals surface area contributed by atoms with Crippen LogP contribution in [0.4, 0.5) is 0 Å². The van der Waals surface area contributed by atoms with E-state index in [9.17, 15) is 0 Å². The number of aromatic nitrogens is 2. The minimum atomic E-state index is 0.562. The summed E-state index contributed by atoms with van der Waals surface area (Å²) in [4.78, 5) is 4.20. The highest BCUT2D eigenvalue weighted by Gasteiger charge is 2.23. The Kier molecular flexibility index (Phi) is 2.51. The molecule has 0 unspecified atom stereocenters. The third-order valence-electron chi connectivity index (χ3n) is 3.96. The van der Waals surface area contributed by atoms with Crippen molar-refractivity contribution in [2.75, 3.05) is 7.11 Å². The number of methoxy groups -OCH3 is 1. The van der Waals surface area contributed by atoms with E-state index in [2.05, 4.69) is 21.7 Å². The largest absolute Gasteiger partial charge is 0.496 e. The third kappa shape index (κ3) is 1.50. The molecule has 0 fully saturated rings. The first-order valence-electron chi connectivity index (χ1n) is 6.59. The van der Waals surface area contributed by atoms with Crippen LogP contribution in [0.1, 0.15) is 5.56 Å². The highest BCUT2D eigenvalue weighted by molar-refractivity contribution is 6.34. The number of ether oxygens (including phenoxy) is 1. The molecule has 0 radical (unpaired) electrons. The van der Waals surface area contributed by atoms with Gasteiger partial charge in [-0.05, 0) is 30.2 Å². The minimum absolute atomic E-state index is 0.562. The first-order valence-corrected chi connectivity index (χ1v) is 6.97. The van der Waals surface area contributed by atoms with Crippen LogP contribution < -0.4 is 4.74 Å². The Morgan fingerprint density at radius 3 is 3.05 bits per heavy atom. The molecule has 0 atom stereocenters. The van der Waals surface area contributed by atoms with Crippen LogP contribution in [-0.4, -0.2) is 16.7 Å². The zero-order valence-electron chi connectivity index (χ0n) is 11.1. The fraction of sp³-hybridized carbons (Fsp3) is 0.188. The summed E-state index contributed by atoms with van der Waals surface area (Å²) in [6.45, 7) is 0.921. The fourth-order valence-electron chi connectivity index (χ4n) is 3.09. The number of fused-ring (bicyclic) bond motifs is 5. The molecule has 2 aromatic heterocycles. The van der Waals surface area contributed by atoms with E-state index in [4.69, 9.17) is 16.3 Å². The van der Waals surface area contributed by atoms with Gasteiger partial charge in [0, 0.05) is 23.7 Å². The monoisotopic (exact) mass is 284 g/mol. The Hall–Kier alpha value is -2.00. The molecule has 0 spiro atoms. The molecule has 3 aromatic rings. The van der Waals surface area contributed by atoms with Crippen molar-refractivity contribution in [1.82, 2.24) is 9.55 Å². The van der Waals surface area contributed by atoms with Crippen molar-refractivity contribution in [3.05, 3.63) is 47.2 Å². The Labute approximate surface area is 121 Å². The van der Waals surface area contributed by atoms with E-state index in [1.807, 2.05) is 18.2 Å². The maximum atomic E-state index is 6.27. The van der Waals surface area contributed by atoms with Gasteiger partial charge in [0.15, 0.2) is 5.15 Å². The number of benzene rings is 1. The zero-order valence-corrected chi connectivity index (χ0v) is 11.8. The molecule has 0 saturated heterocycles. The molecule has 20 heavy (non-hydrogen) atoms. The Morgan fingerprint density at radius 2 is 2.20 bits per heavy atom. The van der Waals surface area contributed by atoms with Crippen LogP contribution in [0.5, 0.6) is 5.75 Å². The van der Waals surface area contributed by atoms with Gasteiger partial charge in [0.05, 0.1) is 18.3 Å². The average molecular weight is 285 g/mol. The molecule has 0 saturated carbocycles. The van der Waals surface area contributed by atoms with Gasteiger partial charge < -0.3 is 9.30 Å². The van der Waals surface area contributed by atoms with Crippen LogP contribution in [-0.2, 0) is 13.0 Å². The summed E-state index contributed by atoms with van der Waals surface area (Å²) >= 11 is 6.27. The second-order valence-corrected chi connectivity index (χ2v) is 5.32. The van der Waals surface area contributed by atoms with Crippen molar-refractivity contribution >= 4 is 22.5 Å². The third-order valence-corrected chi connectivity index (χ3v) is 4.23. The lowest BCUT2D eigenvalue weighted by Gasteiger charge is -2.22. The highest BCUT2D eigenvalue weighted by Crippen LogP contribution is 2.41. The van der Waals surface area contributed by atoms with Crippen molar-refractivity contribution in [1.29, 1.82) is 0 Å². The van der Waals surface area contributed by atoms with Gasteiger partial charge in [-0.1, -0.05) is 23.7 Å². The van der Waals surface area contributed by atoms with Crippen LogP contribution in [0.15, 0.2) is 36.5 Å². The molecular weight excluding hydrogens is 272 g/mol. The molecule has 1 aliphatic heterocycles. The van der Waals surface area contributed by atoms with Crippen molar-refractivity contribution in [3.63, 3.8) is 0 Å². The molecule has 1 aromatic carbocycles. The lowest BCUT2D eigenvalue weighted by molar-refractivity contribution is 0.415. The van der Waals surface area contributed by atoms with E-state index in [0.717, 1.165) is 35.3 Å². The molecule has 0 amide bonds. The molecule has 0 aliphatic carbocycles. The molecule has 4 heteroatoms. The van der Waals surface area contributed by atoms with Gasteiger partial charge in [-0.15, -0.1) is 0 Å². The molecule has 1 aliphatic rings. The molecule has 0 N–H and O–H groups in total. The Balaban J connectivity index is 2.10. The van der Waals surface area contributed by atoms with E-state index in [1.165, 1.54) is 11.1 Å². The van der Waals surface area contributed by atoms with Gasteiger partial charge >= 0.3 is 0 Å². The maximum absolute atomic E-state index is 6.27. The van der Waals surface area contributed by atoms with Gasteiger partial charge in [0.2, 0.25) is 0 Å². The first-order chi connectivity index (χ1) is 9.79. The summed E-state index contributed by atoms with van der Waals surface area (Å²) in [5.74, 6) is 0.912. The molecule has 4 rings (SSSR count). The van der Waals surface area contributed by atoms with Crippen molar-refractivity contribution in [2.45, 2.75) is 13.0 Å². The SMILES string of the molecule is COc1cccc2c1-c1cc3ccnc(Cl)c3n1CC2. The average Bonchev–Trinajstić information content (AvgIpc) is 2.86. The van der Waals surface area contributed by atoms with Gasteiger partial charge in [0.1, 0.15) is 5.75 Å². The summed E-state index contributed by atoms with van der Waals surface area (Å²) < 4.78 is 7.78. The zero-order chi connectivity index (χ0) is 13.7. The summed E-state index contributed by atoms with van der Waals surface area (Å²) in [5, 5.41) is 1.69. The lowest BCUT2D eigenvalue weighted by atomic mass is 9.97. The lowest BCUT2D eigenvalue weighted by Crippen LogP contribution is -2.11. The van der Waals surface area contributed by atoms with Gasteiger partial charge in [0.25, 0.3) is 0 Å². The second kappa shape index (κ2) is 4.25. The predicted octanol–water partition coefficient (Wildman–Crippen LogP) is 3.92. The number of hydrogen-bond donors (Lipinski definition) is 0. The van der Waals surface area contributed by atoms with Gasteiger partial charge in [-0.2, -0.15) is 0 Å². The van der Waals surface area contributed by atoms with E-state index in [1.54, 1.807) is 13.3 Å². The normalized spacial score (nSPS) is 13.1. The summed E-state index contributed by atoms with van der Waals surface area (Å²) in [5.41, 5.74) is 4.67. The topological polar surface area (TPSA) is 27.1 Å². The Bertz CT molecular complexity index is 808. The summed E-state index contributed by atoms with van der Waals surface area (Å²) in [7, 11) is 1.71. The molecule has 100 valence electrons. The van der Waals surface area contributed by atoms with E-state index in [0.29, 0.717) is 5.15 Å². The van der Waals surface area contributed by atoms with Crippen molar-refractivity contribution in [2.24, 2.45) is 0 Å². The minimum Gasteiger partial charge on any atom is -0.496 e. The van der Waals surface area contributed by atoms with Gasteiger partial charge in [-0.25, -0.2) is 4.98 Å². The van der Waals surface area contributed by atoms with Crippen LogP contribution >= 0.6 is 11.6 Å². The van der Waals surface area contributed by atoms with Gasteiger partial charge in [-0.3, -0.25) is 0 Å². The highest BCUT2D eigenvalue weighted by atomic mass is 35.5. The molecular formula is C16H13ClN2O. The number of hydrogen-bond acceptors (Lipinski definition) is 2. The van der Waals surface area contributed by atoms with E-state index < -0.39 is 0 Å². The summed E-state index contributed by atoms with van der Waals surface area (Å²) in [6.07, 6.45) is 2.73. The number of nitrogens with zero attached hydrogens (tertiary/aromatic N) is 2. The van der Waals surface area contributed by atoms with Crippen LogP contribution in [0.2, 0.25) is 5.15 Å². The van der Waals surface area contributed by atoms with E-state index >= 15 is 0 Å².